The van der Waals surface area contributed by atoms with Gasteiger partial charge in [0.25, 0.3) is 0 Å². The zero-order valence-corrected chi connectivity index (χ0v) is 32.5. The van der Waals surface area contributed by atoms with Gasteiger partial charge in [0.05, 0.1) is 22.1 Å². The number of benzene rings is 9. The van der Waals surface area contributed by atoms with Gasteiger partial charge in [-0.15, -0.1) is 0 Å². The summed E-state index contributed by atoms with van der Waals surface area (Å²) in [4.78, 5) is 2.45. The molecule has 2 heterocycles. The van der Waals surface area contributed by atoms with E-state index in [9.17, 15) is 0 Å². The highest BCUT2D eigenvalue weighted by atomic mass is 15.1. The zero-order valence-electron chi connectivity index (χ0n) is 32.5. The average Bonchev–Trinajstić information content (AvgIpc) is 3.82. The molecular weight excluding hydrogens is 715 g/mol. The van der Waals surface area contributed by atoms with Crippen LogP contribution in [-0.2, 0) is 6.42 Å². The Kier molecular flexibility index (Phi) is 7.67. The van der Waals surface area contributed by atoms with Crippen LogP contribution in [0.3, 0.4) is 0 Å². The van der Waals surface area contributed by atoms with Gasteiger partial charge in [-0.05, 0) is 131 Å². The van der Waals surface area contributed by atoms with Crippen LogP contribution in [-0.4, -0.2) is 9.13 Å². The van der Waals surface area contributed by atoms with Crippen molar-refractivity contribution < 1.29 is 0 Å². The van der Waals surface area contributed by atoms with Crippen molar-refractivity contribution in [3.8, 4) is 22.5 Å². The van der Waals surface area contributed by atoms with Gasteiger partial charge in [0.1, 0.15) is 0 Å². The van der Waals surface area contributed by atoms with Crippen LogP contribution in [0.15, 0.2) is 206 Å². The number of rotatable bonds is 6. The topological polar surface area (TPSA) is 13.1 Å². The first kappa shape index (κ1) is 33.5. The van der Waals surface area contributed by atoms with Crippen molar-refractivity contribution in [2.75, 3.05) is 4.90 Å². The van der Waals surface area contributed by atoms with E-state index in [0.29, 0.717) is 0 Å². The Bertz CT molecular complexity index is 3400. The van der Waals surface area contributed by atoms with Crippen LogP contribution < -0.4 is 4.90 Å². The van der Waals surface area contributed by atoms with Crippen molar-refractivity contribution in [2.45, 2.75) is 12.8 Å². The second-order valence-corrected chi connectivity index (χ2v) is 15.7. The molecule has 59 heavy (non-hydrogen) atoms. The number of nitrogens with zero attached hydrogens (tertiary/aromatic N) is 3. The molecule has 0 spiro atoms. The van der Waals surface area contributed by atoms with Gasteiger partial charge < -0.3 is 14.0 Å². The molecule has 11 aromatic rings. The maximum absolute atomic E-state index is 2.45. The maximum Gasteiger partial charge on any atom is 0.0541 e. The summed E-state index contributed by atoms with van der Waals surface area (Å²) in [6.07, 6.45) is 6.75. The van der Waals surface area contributed by atoms with Crippen molar-refractivity contribution in [1.82, 2.24) is 9.13 Å². The molecule has 1 aliphatic rings. The summed E-state index contributed by atoms with van der Waals surface area (Å²) in [7, 11) is 0. The highest BCUT2D eigenvalue weighted by Gasteiger charge is 2.21. The third-order valence-corrected chi connectivity index (χ3v) is 12.3. The van der Waals surface area contributed by atoms with Crippen molar-refractivity contribution in [3.63, 3.8) is 0 Å². The predicted molar refractivity (Wildman–Crippen MR) is 250 cm³/mol. The molecule has 0 unspecified atom stereocenters. The normalized spacial score (nSPS) is 12.5. The minimum Gasteiger partial charge on any atom is -0.310 e. The lowest BCUT2D eigenvalue weighted by Gasteiger charge is -2.28. The van der Waals surface area contributed by atoms with Gasteiger partial charge in [-0.25, -0.2) is 0 Å². The minimum atomic E-state index is 1.07. The third kappa shape index (κ3) is 5.50. The maximum atomic E-state index is 2.45. The van der Waals surface area contributed by atoms with Crippen molar-refractivity contribution >= 4 is 77.5 Å². The number of para-hydroxylation sites is 4. The van der Waals surface area contributed by atoms with E-state index in [1.807, 2.05) is 0 Å². The Morgan fingerprint density at radius 2 is 0.983 bits per heavy atom. The molecule has 12 rings (SSSR count). The summed E-state index contributed by atoms with van der Waals surface area (Å²) in [5.74, 6) is 0. The number of hydrogen-bond donors (Lipinski definition) is 0. The molecule has 0 N–H and O–H groups in total. The molecule has 278 valence electrons. The Morgan fingerprint density at radius 1 is 0.373 bits per heavy atom. The van der Waals surface area contributed by atoms with E-state index >= 15 is 0 Å². The van der Waals surface area contributed by atoms with Crippen LogP contribution in [0.25, 0.3) is 83.0 Å². The van der Waals surface area contributed by atoms with Crippen molar-refractivity contribution in [2.24, 2.45) is 0 Å². The van der Waals surface area contributed by atoms with E-state index in [0.717, 1.165) is 46.8 Å². The van der Waals surface area contributed by atoms with Gasteiger partial charge in [0.15, 0.2) is 0 Å². The molecule has 0 aliphatic heterocycles. The molecular formula is C56H39N3. The molecule has 2 aromatic heterocycles. The van der Waals surface area contributed by atoms with Crippen LogP contribution in [0.4, 0.5) is 17.1 Å². The number of hydrogen-bond acceptors (Lipinski definition) is 1. The van der Waals surface area contributed by atoms with Gasteiger partial charge in [-0.3, -0.25) is 0 Å². The quantitative estimate of drug-likeness (QED) is 0.165. The first-order valence-corrected chi connectivity index (χ1v) is 20.6. The van der Waals surface area contributed by atoms with Gasteiger partial charge in [0, 0.05) is 50.0 Å². The van der Waals surface area contributed by atoms with Crippen LogP contribution in [0.2, 0.25) is 0 Å². The molecule has 0 bridgehead atoms. The lowest BCUT2D eigenvalue weighted by atomic mass is 9.96. The molecule has 1 aliphatic carbocycles. The second kappa shape index (κ2) is 13.5. The van der Waals surface area contributed by atoms with E-state index in [1.165, 1.54) is 71.1 Å². The SMILES string of the molecule is C1=Cc2cc(N(c3cc(-c4ccc5c(c4)c4ccccc4n5-c4ccccc4)cc(-n4c5ccccc5c5ccccc54)c3)c3ccc4ccccc4c3)ccc2CC1. The van der Waals surface area contributed by atoms with Gasteiger partial charge >= 0.3 is 0 Å². The number of anilines is 3. The summed E-state index contributed by atoms with van der Waals surface area (Å²) in [5, 5.41) is 7.42. The second-order valence-electron chi connectivity index (χ2n) is 15.7. The first-order chi connectivity index (χ1) is 29.2. The molecule has 9 aromatic carbocycles. The smallest absolute Gasteiger partial charge is 0.0541 e. The molecule has 0 radical (unpaired) electrons. The zero-order chi connectivity index (χ0) is 38.9. The third-order valence-electron chi connectivity index (χ3n) is 12.3. The summed E-state index contributed by atoms with van der Waals surface area (Å²) in [6, 6.07) is 73.8. The van der Waals surface area contributed by atoms with Crippen molar-refractivity contribution in [3.05, 3.63) is 217 Å². The summed E-state index contributed by atoms with van der Waals surface area (Å²) in [6.45, 7) is 0. The average molecular weight is 754 g/mol. The number of aromatic nitrogens is 2. The fraction of sp³-hybridized carbons (Fsp3) is 0.0357. The molecule has 0 atom stereocenters. The minimum absolute atomic E-state index is 1.07. The van der Waals surface area contributed by atoms with Crippen LogP contribution in [0.5, 0.6) is 0 Å². The highest BCUT2D eigenvalue weighted by molar-refractivity contribution is 6.11. The number of aryl methyl sites for hydroxylation is 1. The Morgan fingerprint density at radius 3 is 1.75 bits per heavy atom. The molecule has 0 fully saturated rings. The highest BCUT2D eigenvalue weighted by Crippen LogP contribution is 2.43. The van der Waals surface area contributed by atoms with Gasteiger partial charge in [0.2, 0.25) is 0 Å². The van der Waals surface area contributed by atoms with Crippen LogP contribution >= 0.6 is 0 Å². The lowest BCUT2D eigenvalue weighted by molar-refractivity contribution is 0.985. The van der Waals surface area contributed by atoms with Crippen LogP contribution in [0, 0.1) is 0 Å². The Hall–Kier alpha value is -7.62. The fourth-order valence-electron chi connectivity index (χ4n) is 9.54. The summed E-state index contributed by atoms with van der Waals surface area (Å²) >= 11 is 0. The molecule has 3 nitrogen and oxygen atoms in total. The summed E-state index contributed by atoms with van der Waals surface area (Å²) in [5.41, 5.74) is 15.4. The fourth-order valence-corrected chi connectivity index (χ4v) is 9.54. The number of fused-ring (bicyclic) bond motifs is 8. The van der Waals surface area contributed by atoms with Gasteiger partial charge in [-0.2, -0.15) is 0 Å². The monoisotopic (exact) mass is 753 g/mol. The largest absolute Gasteiger partial charge is 0.310 e. The van der Waals surface area contributed by atoms with Crippen LogP contribution in [0.1, 0.15) is 17.5 Å². The lowest BCUT2D eigenvalue weighted by Crippen LogP contribution is -2.12. The molecule has 0 amide bonds. The van der Waals surface area contributed by atoms with E-state index in [2.05, 4.69) is 226 Å². The molecule has 0 saturated heterocycles. The van der Waals surface area contributed by atoms with E-state index < -0.39 is 0 Å². The van der Waals surface area contributed by atoms with E-state index in [-0.39, 0.29) is 0 Å². The first-order valence-electron chi connectivity index (χ1n) is 20.6. The summed E-state index contributed by atoms with van der Waals surface area (Å²) < 4.78 is 4.84. The van der Waals surface area contributed by atoms with Crippen molar-refractivity contribution in [1.29, 1.82) is 0 Å². The molecule has 3 heteroatoms. The number of allylic oxidation sites excluding steroid dienone is 1. The molecule has 0 saturated carbocycles. The Labute approximate surface area is 342 Å². The van der Waals surface area contributed by atoms with E-state index in [1.54, 1.807) is 0 Å². The van der Waals surface area contributed by atoms with E-state index in [4.69, 9.17) is 0 Å². The predicted octanol–water partition coefficient (Wildman–Crippen LogP) is 15.1. The Balaban J connectivity index is 1.15. The van der Waals surface area contributed by atoms with Gasteiger partial charge in [-0.1, -0.05) is 127 Å². The standard InChI is InChI=1S/C56H39N3/c1-2-18-44(19-3-1)58-55-25-13-10-22-51(55)52-36-42(28-31-56(52)58)43-34-47(37-48(35-43)59-53-23-11-8-20-49(53)50-21-9-12-24-54(50)59)57(45-29-26-38-14-4-6-16-40(38)32-45)46-30-27-39-15-5-7-17-41(39)33-46/h1-4,6-14,16-37H,5,15H2.